The zero-order valence-electron chi connectivity index (χ0n) is 14.5. The Hall–Kier alpha value is -3.06. The van der Waals surface area contributed by atoms with Crippen molar-refractivity contribution in [2.75, 3.05) is 19.5 Å². The Kier molecular flexibility index (Phi) is 5.09. The molecule has 8 heteroatoms. The minimum atomic E-state index is -0.201. The van der Waals surface area contributed by atoms with Gasteiger partial charge in [0.2, 0.25) is 0 Å². The Morgan fingerprint density at radius 1 is 1.08 bits per heavy atom. The Morgan fingerprint density at radius 2 is 1.77 bits per heavy atom. The summed E-state index contributed by atoms with van der Waals surface area (Å²) in [5.41, 5.74) is 1.65. The van der Waals surface area contributed by atoms with E-state index in [-0.39, 0.29) is 11.5 Å². The molecule has 0 radical (unpaired) electrons. The second kappa shape index (κ2) is 7.45. The number of ketones is 1. The van der Waals surface area contributed by atoms with E-state index in [0.29, 0.717) is 28.0 Å². The van der Waals surface area contributed by atoms with Crippen molar-refractivity contribution in [2.24, 2.45) is 0 Å². The van der Waals surface area contributed by atoms with Crippen molar-refractivity contribution in [1.82, 2.24) is 15.0 Å². The van der Waals surface area contributed by atoms with Crippen LogP contribution in [0.1, 0.15) is 17.4 Å². The van der Waals surface area contributed by atoms with Crippen LogP contribution in [0.25, 0.3) is 5.69 Å². The highest BCUT2D eigenvalue weighted by atomic mass is 35.5. The third-order valence-electron chi connectivity index (χ3n) is 3.72. The van der Waals surface area contributed by atoms with Crippen molar-refractivity contribution >= 4 is 28.9 Å². The van der Waals surface area contributed by atoms with E-state index < -0.39 is 0 Å². The van der Waals surface area contributed by atoms with Gasteiger partial charge < -0.3 is 14.8 Å². The molecule has 0 saturated heterocycles. The summed E-state index contributed by atoms with van der Waals surface area (Å²) in [5.74, 6) is 1.42. The van der Waals surface area contributed by atoms with Gasteiger partial charge in [-0.05, 0) is 36.4 Å². The Balaban J connectivity index is 2.04. The van der Waals surface area contributed by atoms with Crippen LogP contribution in [0.15, 0.2) is 42.5 Å². The number of nitrogens with one attached hydrogen (secondary N) is 1. The fraction of sp³-hybridized carbons (Fsp3) is 0.167. The molecule has 2 aromatic carbocycles. The third kappa shape index (κ3) is 3.48. The number of anilines is 2. The predicted octanol–water partition coefficient (Wildman–Crippen LogP) is 3.88. The fourth-order valence-corrected chi connectivity index (χ4v) is 2.57. The quantitative estimate of drug-likeness (QED) is 0.661. The van der Waals surface area contributed by atoms with Gasteiger partial charge in [0.25, 0.3) is 0 Å². The van der Waals surface area contributed by atoms with Gasteiger partial charge in [-0.2, -0.15) is 4.68 Å². The van der Waals surface area contributed by atoms with Crippen molar-refractivity contribution in [1.29, 1.82) is 0 Å². The summed E-state index contributed by atoms with van der Waals surface area (Å²) in [6, 6.07) is 12.4. The summed E-state index contributed by atoms with van der Waals surface area (Å²) in [5, 5.41) is 11.9. The highest BCUT2D eigenvalue weighted by molar-refractivity contribution is 6.30. The molecule has 0 amide bonds. The van der Waals surface area contributed by atoms with Crippen LogP contribution in [0.4, 0.5) is 11.5 Å². The average Bonchev–Trinajstić information content (AvgIpc) is 3.06. The summed E-state index contributed by atoms with van der Waals surface area (Å²) < 4.78 is 12.1. The molecule has 0 aliphatic carbocycles. The molecule has 0 saturated carbocycles. The molecule has 0 aliphatic rings. The number of carbonyl (C=O) groups excluding carboxylic acids is 1. The van der Waals surface area contributed by atoms with Crippen molar-refractivity contribution in [2.45, 2.75) is 6.92 Å². The van der Waals surface area contributed by atoms with Crippen LogP contribution in [0.2, 0.25) is 5.02 Å². The lowest BCUT2D eigenvalue weighted by atomic mass is 10.2. The third-order valence-corrected chi connectivity index (χ3v) is 3.97. The molecular weight excluding hydrogens is 356 g/mol. The summed E-state index contributed by atoms with van der Waals surface area (Å²) in [6.45, 7) is 1.44. The van der Waals surface area contributed by atoms with E-state index in [9.17, 15) is 4.79 Å². The van der Waals surface area contributed by atoms with Gasteiger partial charge in [0.15, 0.2) is 28.8 Å². The Labute approximate surface area is 155 Å². The molecule has 0 atom stereocenters. The molecule has 1 heterocycles. The smallest absolute Gasteiger partial charge is 0.183 e. The highest BCUT2D eigenvalue weighted by Crippen LogP contribution is 2.32. The van der Waals surface area contributed by atoms with Crippen LogP contribution in [0.5, 0.6) is 11.5 Å². The van der Waals surface area contributed by atoms with Gasteiger partial charge in [-0.3, -0.25) is 4.79 Å². The first kappa shape index (κ1) is 17.8. The lowest BCUT2D eigenvalue weighted by Gasteiger charge is -2.13. The van der Waals surface area contributed by atoms with Gasteiger partial charge >= 0.3 is 0 Å². The average molecular weight is 373 g/mol. The maximum atomic E-state index is 12.0. The van der Waals surface area contributed by atoms with E-state index in [1.165, 1.54) is 6.92 Å². The number of aromatic nitrogens is 3. The van der Waals surface area contributed by atoms with Crippen LogP contribution >= 0.6 is 11.6 Å². The van der Waals surface area contributed by atoms with Crippen molar-refractivity contribution in [3.8, 4) is 17.2 Å². The minimum absolute atomic E-state index is 0.201. The van der Waals surface area contributed by atoms with Crippen LogP contribution in [0, 0.1) is 0 Å². The molecule has 0 fully saturated rings. The molecule has 0 bridgehead atoms. The van der Waals surface area contributed by atoms with E-state index in [4.69, 9.17) is 21.1 Å². The highest BCUT2D eigenvalue weighted by Gasteiger charge is 2.18. The molecular formula is C18H17ClN4O3. The topological polar surface area (TPSA) is 78.3 Å². The largest absolute Gasteiger partial charge is 0.493 e. The summed E-state index contributed by atoms with van der Waals surface area (Å²) in [7, 11) is 3.13. The molecule has 0 aliphatic heterocycles. The van der Waals surface area contributed by atoms with Gasteiger partial charge in [0, 0.05) is 23.7 Å². The Morgan fingerprint density at radius 3 is 2.38 bits per heavy atom. The normalized spacial score (nSPS) is 10.5. The molecule has 3 rings (SSSR count). The number of carbonyl (C=O) groups is 1. The molecule has 3 aromatic rings. The first-order valence-corrected chi connectivity index (χ1v) is 8.13. The summed E-state index contributed by atoms with van der Waals surface area (Å²) in [4.78, 5) is 12.0. The van der Waals surface area contributed by atoms with E-state index in [2.05, 4.69) is 15.6 Å². The monoisotopic (exact) mass is 372 g/mol. The molecule has 134 valence electrons. The van der Waals surface area contributed by atoms with Gasteiger partial charge in [0.1, 0.15) is 0 Å². The molecule has 0 spiro atoms. The van der Waals surface area contributed by atoms with E-state index in [1.54, 1.807) is 55.3 Å². The number of Topliss-reactive ketones (excluding diaryl/α,β-unsaturated/α-hetero) is 1. The van der Waals surface area contributed by atoms with Crippen molar-refractivity contribution in [3.05, 3.63) is 53.2 Å². The number of rotatable bonds is 6. The van der Waals surface area contributed by atoms with Crippen LogP contribution in [-0.2, 0) is 0 Å². The number of hydrogen-bond acceptors (Lipinski definition) is 6. The first-order chi connectivity index (χ1) is 12.5. The molecule has 7 nitrogen and oxygen atoms in total. The second-order valence-electron chi connectivity index (χ2n) is 5.43. The first-order valence-electron chi connectivity index (χ1n) is 7.75. The number of nitrogens with zero attached hydrogens (tertiary/aromatic N) is 3. The number of methoxy groups -OCH3 is 2. The number of ether oxygens (including phenoxy) is 2. The van der Waals surface area contributed by atoms with E-state index in [1.807, 2.05) is 6.07 Å². The lowest BCUT2D eigenvalue weighted by molar-refractivity contribution is 0.101. The van der Waals surface area contributed by atoms with E-state index in [0.717, 1.165) is 5.69 Å². The van der Waals surface area contributed by atoms with Gasteiger partial charge in [0.05, 0.1) is 19.9 Å². The number of benzene rings is 2. The molecule has 0 unspecified atom stereocenters. The molecule has 1 aromatic heterocycles. The SMILES string of the molecule is COc1ccc(Nc2c(C(C)=O)nnn2-c2ccc(Cl)cc2)cc1OC. The predicted molar refractivity (Wildman–Crippen MR) is 99.2 cm³/mol. The zero-order chi connectivity index (χ0) is 18.7. The fourth-order valence-electron chi connectivity index (χ4n) is 2.44. The summed E-state index contributed by atoms with van der Waals surface area (Å²) >= 11 is 5.95. The van der Waals surface area contributed by atoms with Crippen LogP contribution < -0.4 is 14.8 Å². The van der Waals surface area contributed by atoms with Gasteiger partial charge in [-0.25, -0.2) is 0 Å². The van der Waals surface area contributed by atoms with Crippen LogP contribution in [0.3, 0.4) is 0 Å². The summed E-state index contributed by atoms with van der Waals surface area (Å²) in [6.07, 6.45) is 0. The standard InChI is InChI=1S/C18H17ClN4O3/c1-11(24)17-18(20-13-6-9-15(25-2)16(10-13)26-3)23(22-21-17)14-7-4-12(19)5-8-14/h4-10,20H,1-3H3. The maximum absolute atomic E-state index is 12.0. The van der Waals surface area contributed by atoms with Crippen molar-refractivity contribution in [3.63, 3.8) is 0 Å². The van der Waals surface area contributed by atoms with E-state index >= 15 is 0 Å². The number of halogens is 1. The molecule has 1 N–H and O–H groups in total. The van der Waals surface area contributed by atoms with Crippen LogP contribution in [-0.4, -0.2) is 35.0 Å². The Bertz CT molecular complexity index is 938. The maximum Gasteiger partial charge on any atom is 0.183 e. The zero-order valence-corrected chi connectivity index (χ0v) is 15.2. The number of hydrogen-bond donors (Lipinski definition) is 1. The van der Waals surface area contributed by atoms with Crippen molar-refractivity contribution < 1.29 is 14.3 Å². The van der Waals surface area contributed by atoms with Gasteiger partial charge in [-0.15, -0.1) is 5.10 Å². The second-order valence-corrected chi connectivity index (χ2v) is 5.86. The molecule has 26 heavy (non-hydrogen) atoms. The van der Waals surface area contributed by atoms with Gasteiger partial charge in [-0.1, -0.05) is 16.8 Å². The lowest BCUT2D eigenvalue weighted by Crippen LogP contribution is -2.06. The minimum Gasteiger partial charge on any atom is -0.493 e.